The van der Waals surface area contributed by atoms with Gasteiger partial charge < -0.3 is 9.88 Å². The molecule has 0 bridgehead atoms. The molecule has 0 aliphatic heterocycles. The van der Waals surface area contributed by atoms with E-state index in [-0.39, 0.29) is 11.8 Å². The van der Waals surface area contributed by atoms with Crippen molar-refractivity contribution in [3.63, 3.8) is 0 Å². The van der Waals surface area contributed by atoms with E-state index in [0.717, 1.165) is 17.8 Å². The summed E-state index contributed by atoms with van der Waals surface area (Å²) in [7, 11) is 0. The first-order valence-corrected chi connectivity index (χ1v) is 8.48. The van der Waals surface area contributed by atoms with Crippen molar-refractivity contribution >= 4 is 18.1 Å². The number of hydrogen-bond donors (Lipinski definition) is 2. The lowest BCUT2D eigenvalue weighted by atomic mass is 10.1. The monoisotopic (exact) mass is 329 g/mol. The minimum absolute atomic E-state index is 0.0865. The van der Waals surface area contributed by atoms with Crippen LogP contribution < -0.4 is 5.32 Å². The Hall–Kier alpha value is -2.02. The summed E-state index contributed by atoms with van der Waals surface area (Å²) in [5.74, 6) is 1.48. The molecular formula is C16H19N5OS. The molecule has 2 unspecified atom stereocenters. The standard InChI is InChI=1S/C16H19N5OS/c22-15(13-8-12(13)10-2-1-6-17-9-10)18-7-5-14-19-20-16(23)21(14)11-3-4-11/h1-2,6,9,11-13H,3-5,7-8H2,(H,18,22)(H,20,23). The second-order valence-electron chi connectivity index (χ2n) is 6.32. The zero-order chi connectivity index (χ0) is 15.8. The molecule has 0 aromatic carbocycles. The van der Waals surface area contributed by atoms with E-state index in [1.165, 1.54) is 12.8 Å². The summed E-state index contributed by atoms with van der Waals surface area (Å²) in [4.78, 5) is 16.3. The van der Waals surface area contributed by atoms with E-state index >= 15 is 0 Å². The third-order valence-corrected chi connectivity index (χ3v) is 4.87. The molecule has 2 saturated carbocycles. The summed E-state index contributed by atoms with van der Waals surface area (Å²) in [6.07, 6.45) is 7.57. The van der Waals surface area contributed by atoms with E-state index in [1.54, 1.807) is 6.20 Å². The number of carbonyl (C=O) groups excluding carboxylic acids is 1. The molecule has 0 radical (unpaired) electrons. The van der Waals surface area contributed by atoms with Crippen LogP contribution >= 0.6 is 12.2 Å². The van der Waals surface area contributed by atoms with Crippen molar-refractivity contribution in [1.82, 2.24) is 25.1 Å². The minimum Gasteiger partial charge on any atom is -0.355 e. The van der Waals surface area contributed by atoms with E-state index in [1.807, 2.05) is 18.3 Å². The molecule has 2 heterocycles. The summed E-state index contributed by atoms with van der Waals surface area (Å²) in [6, 6.07) is 4.46. The Morgan fingerprint density at radius 2 is 2.35 bits per heavy atom. The average molecular weight is 329 g/mol. The molecule has 2 fully saturated rings. The molecule has 4 rings (SSSR count). The minimum atomic E-state index is 0.0865. The molecule has 2 aliphatic carbocycles. The Bertz CT molecular complexity index is 764. The first-order chi connectivity index (χ1) is 11.2. The van der Waals surface area contributed by atoms with Gasteiger partial charge in [-0.25, -0.2) is 0 Å². The lowest BCUT2D eigenvalue weighted by Crippen LogP contribution is -2.28. The van der Waals surface area contributed by atoms with Gasteiger partial charge in [0.15, 0.2) is 4.77 Å². The number of hydrogen-bond acceptors (Lipinski definition) is 4. The molecule has 0 saturated heterocycles. The molecule has 7 heteroatoms. The van der Waals surface area contributed by atoms with E-state index in [0.29, 0.717) is 29.7 Å². The number of nitrogens with one attached hydrogen (secondary N) is 2. The Balaban J connectivity index is 1.29. The van der Waals surface area contributed by atoms with Crippen molar-refractivity contribution in [2.45, 2.75) is 37.6 Å². The fourth-order valence-electron chi connectivity index (χ4n) is 3.10. The molecule has 2 atom stereocenters. The van der Waals surface area contributed by atoms with Gasteiger partial charge in [0.1, 0.15) is 5.82 Å². The largest absolute Gasteiger partial charge is 0.355 e. The lowest BCUT2D eigenvalue weighted by Gasteiger charge is -2.06. The molecule has 1 amide bonds. The van der Waals surface area contributed by atoms with Crippen molar-refractivity contribution < 1.29 is 4.79 Å². The molecule has 2 aliphatic rings. The van der Waals surface area contributed by atoms with Crippen LogP contribution in [0.4, 0.5) is 0 Å². The second-order valence-corrected chi connectivity index (χ2v) is 6.71. The van der Waals surface area contributed by atoms with Crippen LogP contribution in [-0.2, 0) is 11.2 Å². The van der Waals surface area contributed by atoms with Crippen molar-refractivity contribution in [3.05, 3.63) is 40.7 Å². The summed E-state index contributed by atoms with van der Waals surface area (Å²) >= 11 is 5.26. The van der Waals surface area contributed by atoms with Crippen LogP contribution in [0.15, 0.2) is 24.5 Å². The van der Waals surface area contributed by atoms with Gasteiger partial charge in [-0.05, 0) is 49.0 Å². The zero-order valence-corrected chi connectivity index (χ0v) is 13.6. The summed E-state index contributed by atoms with van der Waals surface area (Å²) in [6.45, 7) is 0.599. The quantitative estimate of drug-likeness (QED) is 0.796. The van der Waals surface area contributed by atoms with Gasteiger partial charge in [0.05, 0.1) is 0 Å². The van der Waals surface area contributed by atoms with Gasteiger partial charge in [-0.15, -0.1) is 0 Å². The summed E-state index contributed by atoms with van der Waals surface area (Å²) < 4.78 is 2.78. The number of pyridine rings is 1. The Morgan fingerprint density at radius 1 is 1.48 bits per heavy atom. The smallest absolute Gasteiger partial charge is 0.223 e. The molecule has 2 N–H and O–H groups in total. The highest BCUT2D eigenvalue weighted by atomic mass is 32.1. The molecular weight excluding hydrogens is 310 g/mol. The molecule has 120 valence electrons. The number of nitrogens with zero attached hydrogens (tertiary/aromatic N) is 3. The highest BCUT2D eigenvalue weighted by Gasteiger charge is 2.43. The van der Waals surface area contributed by atoms with Crippen LogP contribution in [0, 0.1) is 10.7 Å². The predicted octanol–water partition coefficient (Wildman–Crippen LogP) is 2.13. The van der Waals surface area contributed by atoms with Gasteiger partial charge in [-0.3, -0.25) is 14.9 Å². The first kappa shape index (κ1) is 14.6. The van der Waals surface area contributed by atoms with Crippen LogP contribution in [0.25, 0.3) is 0 Å². The second kappa shape index (κ2) is 5.88. The number of amides is 1. The van der Waals surface area contributed by atoms with Gasteiger partial charge in [-0.1, -0.05) is 6.07 Å². The summed E-state index contributed by atoms with van der Waals surface area (Å²) in [5.41, 5.74) is 1.15. The number of H-pyrrole nitrogens is 1. The fraction of sp³-hybridized carbons (Fsp3) is 0.500. The van der Waals surface area contributed by atoms with Gasteiger partial charge in [0, 0.05) is 37.3 Å². The molecule has 2 aromatic heterocycles. The van der Waals surface area contributed by atoms with Crippen LogP contribution in [0.3, 0.4) is 0 Å². The van der Waals surface area contributed by atoms with Crippen LogP contribution in [-0.4, -0.2) is 32.2 Å². The van der Waals surface area contributed by atoms with Crippen molar-refractivity contribution in [2.75, 3.05) is 6.54 Å². The van der Waals surface area contributed by atoms with Gasteiger partial charge in [0.2, 0.25) is 5.91 Å². The number of aromatic amines is 1. The van der Waals surface area contributed by atoms with Crippen molar-refractivity contribution in [2.24, 2.45) is 5.92 Å². The average Bonchev–Trinajstić information content (AvgIpc) is 3.48. The van der Waals surface area contributed by atoms with Crippen LogP contribution in [0.1, 0.15) is 42.6 Å². The third-order valence-electron chi connectivity index (χ3n) is 4.58. The molecule has 23 heavy (non-hydrogen) atoms. The van der Waals surface area contributed by atoms with Gasteiger partial charge in [0.25, 0.3) is 0 Å². The van der Waals surface area contributed by atoms with E-state index in [9.17, 15) is 4.79 Å². The number of aromatic nitrogens is 4. The van der Waals surface area contributed by atoms with Gasteiger partial charge in [-0.2, -0.15) is 5.10 Å². The van der Waals surface area contributed by atoms with E-state index in [4.69, 9.17) is 12.2 Å². The normalized spacial score (nSPS) is 22.8. The topological polar surface area (TPSA) is 75.6 Å². The Labute approximate surface area is 139 Å². The van der Waals surface area contributed by atoms with Crippen LogP contribution in [0.2, 0.25) is 0 Å². The first-order valence-electron chi connectivity index (χ1n) is 8.07. The lowest BCUT2D eigenvalue weighted by molar-refractivity contribution is -0.122. The molecule has 2 aromatic rings. The summed E-state index contributed by atoms with van der Waals surface area (Å²) in [5, 5.41) is 10.2. The number of rotatable bonds is 6. The van der Waals surface area contributed by atoms with Crippen molar-refractivity contribution in [3.8, 4) is 0 Å². The fourth-order valence-corrected chi connectivity index (χ4v) is 3.40. The highest BCUT2D eigenvalue weighted by Crippen LogP contribution is 2.47. The maximum absolute atomic E-state index is 12.2. The zero-order valence-electron chi connectivity index (χ0n) is 12.7. The van der Waals surface area contributed by atoms with Crippen LogP contribution in [0.5, 0.6) is 0 Å². The third kappa shape index (κ3) is 3.06. The molecule has 0 spiro atoms. The van der Waals surface area contributed by atoms with E-state index in [2.05, 4.69) is 25.1 Å². The van der Waals surface area contributed by atoms with E-state index < -0.39 is 0 Å². The number of carbonyl (C=O) groups is 1. The maximum Gasteiger partial charge on any atom is 0.223 e. The molecule has 6 nitrogen and oxygen atoms in total. The maximum atomic E-state index is 12.2. The Morgan fingerprint density at radius 3 is 3.09 bits per heavy atom. The van der Waals surface area contributed by atoms with Crippen molar-refractivity contribution in [1.29, 1.82) is 0 Å². The Kier molecular flexibility index (Phi) is 3.72. The van der Waals surface area contributed by atoms with Gasteiger partial charge >= 0.3 is 0 Å². The predicted molar refractivity (Wildman–Crippen MR) is 87.5 cm³/mol. The SMILES string of the molecule is O=C(NCCc1n[nH]c(=S)n1C1CC1)C1CC1c1cccnc1. The highest BCUT2D eigenvalue weighted by molar-refractivity contribution is 7.71.